The molecule has 2 rings (SSSR count). The molecule has 5 heteroatoms. The van der Waals surface area contributed by atoms with Crippen LogP contribution in [0.1, 0.15) is 26.2 Å². The zero-order valence-electron chi connectivity index (χ0n) is 9.30. The second-order valence-corrected chi connectivity index (χ2v) is 5.14. The third-order valence-electron chi connectivity index (χ3n) is 2.57. The number of nitrogens with zero attached hydrogens (tertiary/aromatic N) is 4. The van der Waals surface area contributed by atoms with Gasteiger partial charge in [0.1, 0.15) is 11.8 Å². The summed E-state index contributed by atoms with van der Waals surface area (Å²) in [5, 5.41) is 0. The predicted octanol–water partition coefficient (Wildman–Crippen LogP) is 2.78. The molecule has 0 radical (unpaired) electrons. The molecule has 0 aliphatic carbocycles. The molecule has 0 saturated heterocycles. The molecular formula is C11H15BrN4. The largest absolute Gasteiger partial charge is 0.315 e. The fourth-order valence-corrected chi connectivity index (χ4v) is 2.38. The zero-order valence-corrected chi connectivity index (χ0v) is 10.9. The van der Waals surface area contributed by atoms with Crippen molar-refractivity contribution in [3.05, 3.63) is 18.9 Å². The highest BCUT2D eigenvalue weighted by Gasteiger charge is 2.06. The molecule has 0 saturated carbocycles. The number of hydrogen-bond acceptors (Lipinski definition) is 3. The maximum absolute atomic E-state index is 4.27. The SMILES string of the molecule is CCCC(Br)CCn1cnc2cncnc21. The van der Waals surface area contributed by atoms with Crippen LogP contribution in [0.25, 0.3) is 11.2 Å². The standard InChI is InChI=1S/C11H15BrN4/c1-2-3-9(12)4-5-16-8-15-10-6-13-7-14-11(10)16/h6-9H,2-5H2,1H3. The first-order valence-electron chi connectivity index (χ1n) is 5.56. The third kappa shape index (κ3) is 2.58. The molecule has 4 nitrogen and oxygen atoms in total. The van der Waals surface area contributed by atoms with Crippen molar-refractivity contribution < 1.29 is 0 Å². The van der Waals surface area contributed by atoms with Gasteiger partial charge in [-0.05, 0) is 12.8 Å². The zero-order chi connectivity index (χ0) is 11.4. The molecule has 2 aromatic rings. The van der Waals surface area contributed by atoms with Crippen molar-refractivity contribution in [2.75, 3.05) is 0 Å². The topological polar surface area (TPSA) is 43.6 Å². The van der Waals surface area contributed by atoms with Crippen LogP contribution in [0, 0.1) is 0 Å². The molecule has 16 heavy (non-hydrogen) atoms. The number of hydrogen-bond donors (Lipinski definition) is 0. The van der Waals surface area contributed by atoms with Gasteiger partial charge >= 0.3 is 0 Å². The molecule has 1 atom stereocenters. The molecule has 0 amide bonds. The summed E-state index contributed by atoms with van der Waals surface area (Å²) in [6.07, 6.45) is 8.67. The average Bonchev–Trinajstić information content (AvgIpc) is 2.70. The van der Waals surface area contributed by atoms with E-state index >= 15 is 0 Å². The first kappa shape index (κ1) is 11.5. The molecule has 0 spiro atoms. The number of rotatable bonds is 5. The number of halogens is 1. The molecule has 0 aliphatic rings. The van der Waals surface area contributed by atoms with Gasteiger partial charge in [-0.1, -0.05) is 29.3 Å². The fourth-order valence-electron chi connectivity index (χ4n) is 1.72. The Hall–Kier alpha value is -0.970. The van der Waals surface area contributed by atoms with Crippen molar-refractivity contribution in [2.24, 2.45) is 0 Å². The van der Waals surface area contributed by atoms with E-state index in [1.165, 1.54) is 12.8 Å². The van der Waals surface area contributed by atoms with Gasteiger partial charge in [0.05, 0.1) is 12.5 Å². The van der Waals surface area contributed by atoms with Crippen LogP contribution in [0.4, 0.5) is 0 Å². The van der Waals surface area contributed by atoms with Gasteiger partial charge in [-0.25, -0.2) is 15.0 Å². The number of imidazole rings is 1. The molecule has 2 heterocycles. The second-order valence-electron chi connectivity index (χ2n) is 3.84. The highest BCUT2D eigenvalue weighted by molar-refractivity contribution is 9.09. The maximum atomic E-state index is 4.27. The molecule has 86 valence electrons. The number of aryl methyl sites for hydroxylation is 1. The summed E-state index contributed by atoms with van der Waals surface area (Å²) >= 11 is 3.68. The van der Waals surface area contributed by atoms with Gasteiger partial charge < -0.3 is 4.57 Å². The summed E-state index contributed by atoms with van der Waals surface area (Å²) < 4.78 is 2.08. The smallest absolute Gasteiger partial charge is 0.163 e. The monoisotopic (exact) mass is 282 g/mol. The van der Waals surface area contributed by atoms with Crippen LogP contribution >= 0.6 is 15.9 Å². The minimum Gasteiger partial charge on any atom is -0.315 e. The van der Waals surface area contributed by atoms with Crippen LogP contribution in [0.2, 0.25) is 0 Å². The third-order valence-corrected chi connectivity index (χ3v) is 3.48. The van der Waals surface area contributed by atoms with Crippen LogP contribution in [0.5, 0.6) is 0 Å². The van der Waals surface area contributed by atoms with E-state index in [1.807, 2.05) is 6.33 Å². The van der Waals surface area contributed by atoms with Gasteiger partial charge in [0.2, 0.25) is 0 Å². The van der Waals surface area contributed by atoms with Gasteiger partial charge in [-0.2, -0.15) is 0 Å². The fraction of sp³-hybridized carbons (Fsp3) is 0.545. The summed E-state index contributed by atoms with van der Waals surface area (Å²) in [7, 11) is 0. The van der Waals surface area contributed by atoms with E-state index in [1.54, 1.807) is 12.5 Å². The Morgan fingerprint density at radius 1 is 1.38 bits per heavy atom. The van der Waals surface area contributed by atoms with E-state index < -0.39 is 0 Å². The summed E-state index contributed by atoms with van der Waals surface area (Å²) in [5.74, 6) is 0. The Kier molecular flexibility index (Phi) is 3.88. The van der Waals surface area contributed by atoms with Crippen molar-refractivity contribution in [1.29, 1.82) is 0 Å². The van der Waals surface area contributed by atoms with Crippen LogP contribution in [-0.4, -0.2) is 24.3 Å². The molecule has 0 fully saturated rings. The van der Waals surface area contributed by atoms with Crippen molar-refractivity contribution in [2.45, 2.75) is 37.6 Å². The average molecular weight is 283 g/mol. The molecule has 0 bridgehead atoms. The number of alkyl halides is 1. The molecule has 0 aromatic carbocycles. The van der Waals surface area contributed by atoms with Gasteiger partial charge in [0.15, 0.2) is 5.65 Å². The first-order valence-corrected chi connectivity index (χ1v) is 6.47. The minimum absolute atomic E-state index is 0.580. The maximum Gasteiger partial charge on any atom is 0.163 e. The highest BCUT2D eigenvalue weighted by Crippen LogP contribution is 2.15. The summed E-state index contributed by atoms with van der Waals surface area (Å²) in [6.45, 7) is 3.15. The Morgan fingerprint density at radius 2 is 2.25 bits per heavy atom. The summed E-state index contributed by atoms with van der Waals surface area (Å²) in [5.41, 5.74) is 1.79. The lowest BCUT2D eigenvalue weighted by atomic mass is 10.2. The quantitative estimate of drug-likeness (QED) is 0.792. The minimum atomic E-state index is 0.580. The Balaban J connectivity index is 2.04. The first-order chi connectivity index (χ1) is 7.81. The summed E-state index contributed by atoms with van der Waals surface area (Å²) in [4.78, 5) is 13.0. The van der Waals surface area contributed by atoms with Crippen LogP contribution in [-0.2, 0) is 6.54 Å². The Bertz CT molecular complexity index is 454. The molecule has 0 aliphatic heterocycles. The normalized spacial score (nSPS) is 13.1. The lowest BCUT2D eigenvalue weighted by molar-refractivity contribution is 0.607. The van der Waals surface area contributed by atoms with Crippen molar-refractivity contribution in [3.63, 3.8) is 0 Å². The second kappa shape index (κ2) is 5.39. The molecular weight excluding hydrogens is 268 g/mol. The van der Waals surface area contributed by atoms with Crippen molar-refractivity contribution >= 4 is 27.1 Å². The number of aromatic nitrogens is 4. The highest BCUT2D eigenvalue weighted by atomic mass is 79.9. The van der Waals surface area contributed by atoms with E-state index in [0.717, 1.165) is 24.1 Å². The van der Waals surface area contributed by atoms with Gasteiger partial charge in [0, 0.05) is 11.4 Å². The van der Waals surface area contributed by atoms with E-state index in [0.29, 0.717) is 4.83 Å². The van der Waals surface area contributed by atoms with Gasteiger partial charge in [0.25, 0.3) is 0 Å². The lowest BCUT2D eigenvalue weighted by Crippen LogP contribution is -2.05. The van der Waals surface area contributed by atoms with Crippen molar-refractivity contribution in [3.8, 4) is 0 Å². The van der Waals surface area contributed by atoms with Gasteiger partial charge in [-0.15, -0.1) is 0 Å². The lowest BCUT2D eigenvalue weighted by Gasteiger charge is -2.08. The van der Waals surface area contributed by atoms with Crippen LogP contribution in [0.3, 0.4) is 0 Å². The Morgan fingerprint density at radius 3 is 3.06 bits per heavy atom. The van der Waals surface area contributed by atoms with Crippen LogP contribution < -0.4 is 0 Å². The van der Waals surface area contributed by atoms with E-state index in [-0.39, 0.29) is 0 Å². The summed E-state index contributed by atoms with van der Waals surface area (Å²) in [6, 6.07) is 0. The van der Waals surface area contributed by atoms with E-state index in [9.17, 15) is 0 Å². The Labute approximate surface area is 103 Å². The molecule has 1 unspecified atom stereocenters. The van der Waals surface area contributed by atoms with Crippen LogP contribution in [0.15, 0.2) is 18.9 Å². The molecule has 0 N–H and O–H groups in total. The van der Waals surface area contributed by atoms with E-state index in [2.05, 4.69) is 42.4 Å². The van der Waals surface area contributed by atoms with Gasteiger partial charge in [-0.3, -0.25) is 0 Å². The number of fused-ring (bicyclic) bond motifs is 1. The molecule has 2 aromatic heterocycles. The van der Waals surface area contributed by atoms with Crippen molar-refractivity contribution in [1.82, 2.24) is 19.5 Å². The van der Waals surface area contributed by atoms with E-state index in [4.69, 9.17) is 0 Å². The predicted molar refractivity (Wildman–Crippen MR) is 67.6 cm³/mol.